The first-order chi connectivity index (χ1) is 15.0. The van der Waals surface area contributed by atoms with E-state index < -0.39 is 9.76 Å². The molecule has 0 radical (unpaired) electrons. The molecule has 0 aliphatic carbocycles. The zero-order valence-electron chi connectivity index (χ0n) is 17.7. The van der Waals surface area contributed by atoms with Crippen LogP contribution in [0, 0.1) is 6.92 Å². The molecule has 3 aromatic carbocycles. The lowest BCUT2D eigenvalue weighted by atomic mass is 10.1. The molecule has 0 saturated heterocycles. The molecular formula is C25H28N2O3Si. The topological polar surface area (TPSA) is 87.6 Å². The summed E-state index contributed by atoms with van der Waals surface area (Å²) in [6.07, 6.45) is 5.11. The minimum atomic E-state index is -1.25. The van der Waals surface area contributed by atoms with Gasteiger partial charge in [-0.3, -0.25) is 0 Å². The first-order valence-electron chi connectivity index (χ1n) is 10.3. The van der Waals surface area contributed by atoms with Gasteiger partial charge in [0, 0.05) is 17.5 Å². The van der Waals surface area contributed by atoms with Crippen LogP contribution in [0.2, 0.25) is 0 Å². The molecule has 160 valence electrons. The number of nitrogens with two attached hydrogens (primary N) is 2. The number of ether oxygens (including phenoxy) is 1. The summed E-state index contributed by atoms with van der Waals surface area (Å²) < 4.78 is 11.2. The van der Waals surface area contributed by atoms with Crippen LogP contribution in [0.3, 0.4) is 0 Å². The van der Waals surface area contributed by atoms with Gasteiger partial charge in [-0.25, -0.2) is 4.79 Å². The zero-order valence-corrected chi connectivity index (χ0v) is 19.1. The number of hydrogen-bond acceptors (Lipinski definition) is 5. The fraction of sp³-hybridized carbons (Fsp3) is 0.160. The maximum atomic E-state index is 12.0. The number of hydrogen-bond donors (Lipinski definition) is 2. The summed E-state index contributed by atoms with van der Waals surface area (Å²) in [6.45, 7) is 2.75. The van der Waals surface area contributed by atoms with Gasteiger partial charge in [0.05, 0.1) is 6.61 Å². The maximum absolute atomic E-state index is 12.0. The Hall–Kier alpha value is -3.51. The van der Waals surface area contributed by atoms with Crippen molar-refractivity contribution in [2.75, 3.05) is 18.1 Å². The van der Waals surface area contributed by atoms with Crippen molar-refractivity contribution in [1.82, 2.24) is 0 Å². The van der Waals surface area contributed by atoms with Crippen LogP contribution < -0.4 is 21.4 Å². The highest BCUT2D eigenvalue weighted by molar-refractivity contribution is 6.51. The summed E-state index contributed by atoms with van der Waals surface area (Å²) in [5.41, 5.74) is 16.2. The first kappa shape index (κ1) is 22.2. The lowest BCUT2D eigenvalue weighted by molar-refractivity contribution is -0.128. The molecule has 0 atom stereocenters. The molecule has 0 fully saturated rings. The van der Waals surface area contributed by atoms with Crippen LogP contribution in [0.15, 0.2) is 72.8 Å². The van der Waals surface area contributed by atoms with Crippen molar-refractivity contribution in [2.24, 2.45) is 0 Å². The van der Waals surface area contributed by atoms with Crippen LogP contribution in [0.5, 0.6) is 5.75 Å². The molecule has 0 aliphatic rings. The molecule has 4 N–H and O–H groups in total. The molecule has 0 aromatic heterocycles. The molecule has 0 amide bonds. The molecule has 0 heterocycles. The summed E-state index contributed by atoms with van der Waals surface area (Å²) in [7, 11) is -1.25. The molecule has 0 saturated carbocycles. The third-order valence-electron chi connectivity index (χ3n) is 4.83. The van der Waals surface area contributed by atoms with Gasteiger partial charge in [0.1, 0.15) is 5.75 Å². The smallest absolute Gasteiger partial charge is 0.317 e. The molecule has 6 heteroatoms. The SMILES string of the molecule is Cc1ccc(CCCOc2ccc(/C=C/C(=O)O[SiH2]c3ccc(N)cc3N)cc2)cc1. The van der Waals surface area contributed by atoms with E-state index in [9.17, 15) is 4.79 Å². The van der Waals surface area contributed by atoms with Crippen molar-refractivity contribution >= 4 is 38.4 Å². The highest BCUT2D eigenvalue weighted by Crippen LogP contribution is 2.14. The van der Waals surface area contributed by atoms with Crippen LogP contribution in [0.25, 0.3) is 6.08 Å². The van der Waals surface area contributed by atoms with E-state index in [0.29, 0.717) is 18.0 Å². The predicted molar refractivity (Wildman–Crippen MR) is 130 cm³/mol. The highest BCUT2D eigenvalue weighted by Gasteiger charge is 2.04. The number of carbonyl (C=O) groups is 1. The van der Waals surface area contributed by atoms with E-state index in [2.05, 4.69) is 31.2 Å². The third kappa shape index (κ3) is 7.35. The van der Waals surface area contributed by atoms with Crippen LogP contribution in [0.1, 0.15) is 23.1 Å². The van der Waals surface area contributed by atoms with Crippen molar-refractivity contribution in [3.05, 3.63) is 89.5 Å². The van der Waals surface area contributed by atoms with E-state index in [0.717, 1.165) is 29.3 Å². The van der Waals surface area contributed by atoms with E-state index in [1.807, 2.05) is 30.3 Å². The average Bonchev–Trinajstić information content (AvgIpc) is 2.77. The summed E-state index contributed by atoms with van der Waals surface area (Å²) >= 11 is 0. The molecule has 5 nitrogen and oxygen atoms in total. The van der Waals surface area contributed by atoms with E-state index in [4.69, 9.17) is 20.6 Å². The fourth-order valence-electron chi connectivity index (χ4n) is 3.00. The summed E-state index contributed by atoms with van der Waals surface area (Å²) in [5.74, 6) is 0.439. The third-order valence-corrected chi connectivity index (χ3v) is 6.21. The van der Waals surface area contributed by atoms with Crippen LogP contribution in [0.4, 0.5) is 11.4 Å². The average molecular weight is 433 g/mol. The van der Waals surface area contributed by atoms with Gasteiger partial charge in [0.25, 0.3) is 9.76 Å². The van der Waals surface area contributed by atoms with E-state index in [1.165, 1.54) is 17.2 Å². The summed E-state index contributed by atoms with van der Waals surface area (Å²) in [5, 5.41) is 0.861. The van der Waals surface area contributed by atoms with Crippen LogP contribution >= 0.6 is 0 Å². The molecule has 3 aromatic rings. The second kappa shape index (κ2) is 11.0. The fourth-order valence-corrected chi connectivity index (χ4v) is 3.88. The predicted octanol–water partition coefficient (Wildman–Crippen LogP) is 3.14. The van der Waals surface area contributed by atoms with Crippen molar-refractivity contribution in [3.63, 3.8) is 0 Å². The number of anilines is 2. The normalized spacial score (nSPS) is 11.3. The monoisotopic (exact) mass is 432 g/mol. The van der Waals surface area contributed by atoms with Gasteiger partial charge >= 0.3 is 5.97 Å². The zero-order chi connectivity index (χ0) is 22.1. The van der Waals surface area contributed by atoms with Crippen LogP contribution in [-0.4, -0.2) is 22.3 Å². The first-order valence-corrected chi connectivity index (χ1v) is 11.6. The second-order valence-electron chi connectivity index (χ2n) is 7.41. The largest absolute Gasteiger partial charge is 0.517 e. The minimum Gasteiger partial charge on any atom is -0.517 e. The van der Waals surface area contributed by atoms with Gasteiger partial charge < -0.3 is 20.6 Å². The lowest BCUT2D eigenvalue weighted by Crippen LogP contribution is -2.23. The van der Waals surface area contributed by atoms with Crippen LogP contribution in [-0.2, 0) is 15.6 Å². The highest BCUT2D eigenvalue weighted by atomic mass is 28.2. The van der Waals surface area contributed by atoms with Gasteiger partial charge in [0.15, 0.2) is 0 Å². The Bertz CT molecular complexity index is 1030. The van der Waals surface area contributed by atoms with Gasteiger partial charge in [-0.2, -0.15) is 0 Å². The molecule has 0 unspecified atom stereocenters. The molecule has 0 bridgehead atoms. The van der Waals surface area contributed by atoms with E-state index in [1.54, 1.807) is 18.2 Å². The van der Waals surface area contributed by atoms with E-state index >= 15 is 0 Å². The number of benzene rings is 3. The molecule has 0 aliphatic heterocycles. The van der Waals surface area contributed by atoms with Crippen molar-refractivity contribution in [3.8, 4) is 5.75 Å². The van der Waals surface area contributed by atoms with E-state index in [-0.39, 0.29) is 5.97 Å². The molecular weight excluding hydrogens is 404 g/mol. The van der Waals surface area contributed by atoms with Gasteiger partial charge in [-0.15, -0.1) is 0 Å². The Balaban J connectivity index is 1.40. The second-order valence-corrected chi connectivity index (χ2v) is 8.75. The summed E-state index contributed by atoms with van der Waals surface area (Å²) in [4.78, 5) is 12.0. The number of carbonyl (C=O) groups excluding carboxylic acids is 1. The van der Waals surface area contributed by atoms with Gasteiger partial charge in [0.2, 0.25) is 0 Å². The Morgan fingerprint density at radius 2 is 1.74 bits per heavy atom. The quantitative estimate of drug-likeness (QED) is 0.235. The van der Waals surface area contributed by atoms with Gasteiger partial charge in [-0.1, -0.05) is 48.0 Å². The lowest BCUT2D eigenvalue weighted by Gasteiger charge is -2.07. The Kier molecular flexibility index (Phi) is 7.89. The number of aryl methyl sites for hydroxylation is 2. The number of nitrogen functional groups attached to an aromatic ring is 2. The molecule has 0 spiro atoms. The Labute approximate surface area is 185 Å². The minimum absolute atomic E-state index is 0.376. The standard InChI is InChI=1S/C25H28N2O3Si/c1-18-4-6-19(7-5-18)3-2-16-29-22-12-8-20(9-13-22)10-15-25(28)30-31-24-14-11-21(26)17-23(24)27/h4-15,17H,2-3,16,26-27,31H2,1H3/b15-10+. The van der Waals surface area contributed by atoms with Gasteiger partial charge in [-0.05, 0) is 66.4 Å². The molecule has 31 heavy (non-hydrogen) atoms. The Morgan fingerprint density at radius 1 is 1.00 bits per heavy atom. The van der Waals surface area contributed by atoms with Crippen molar-refractivity contribution < 1.29 is 14.0 Å². The summed E-state index contributed by atoms with van der Waals surface area (Å²) in [6, 6.07) is 21.5. The van der Waals surface area contributed by atoms with Crippen molar-refractivity contribution in [2.45, 2.75) is 19.8 Å². The molecule has 3 rings (SSSR count). The Morgan fingerprint density at radius 3 is 2.45 bits per heavy atom. The number of rotatable bonds is 9. The maximum Gasteiger partial charge on any atom is 0.317 e. The van der Waals surface area contributed by atoms with Crippen molar-refractivity contribution in [1.29, 1.82) is 0 Å².